The van der Waals surface area contributed by atoms with Crippen LogP contribution in [0, 0.1) is 18.3 Å². The van der Waals surface area contributed by atoms with Gasteiger partial charge in [0.1, 0.15) is 11.5 Å². The Morgan fingerprint density at radius 2 is 1.86 bits per heavy atom. The van der Waals surface area contributed by atoms with Gasteiger partial charge in [0.2, 0.25) is 0 Å². The number of hydrogen-bond acceptors (Lipinski definition) is 4. The van der Waals surface area contributed by atoms with E-state index in [0.717, 1.165) is 39.3 Å². The SMILES string of the molecule is COc1ccccc1N/C(=C1\C(=N)C(=O)N2c3c(C)ccc(Cl)c3-c3cc(Cl)ccc3C12)C(C)C. The number of ether oxygens (including phenoxy) is 1. The zero-order valence-electron chi connectivity index (χ0n) is 19.9. The minimum atomic E-state index is -0.480. The molecule has 35 heavy (non-hydrogen) atoms. The van der Waals surface area contributed by atoms with Crippen molar-refractivity contribution in [1.82, 2.24) is 0 Å². The molecule has 0 aliphatic carbocycles. The molecule has 3 aromatic rings. The number of hydrogen-bond donors (Lipinski definition) is 2. The van der Waals surface area contributed by atoms with Gasteiger partial charge in [-0.25, -0.2) is 0 Å². The van der Waals surface area contributed by atoms with Gasteiger partial charge in [0, 0.05) is 21.9 Å². The van der Waals surface area contributed by atoms with Crippen LogP contribution >= 0.6 is 23.2 Å². The number of methoxy groups -OCH3 is 1. The number of fused-ring (bicyclic) bond motifs is 6. The lowest BCUT2D eigenvalue weighted by Gasteiger charge is -2.36. The maximum atomic E-state index is 13.7. The smallest absolute Gasteiger partial charge is 0.277 e. The molecular formula is C28H25Cl2N3O2. The van der Waals surface area contributed by atoms with Crippen molar-refractivity contribution in [1.29, 1.82) is 5.41 Å². The van der Waals surface area contributed by atoms with E-state index in [1.165, 1.54) is 0 Å². The molecule has 0 saturated carbocycles. The summed E-state index contributed by atoms with van der Waals surface area (Å²) < 4.78 is 5.54. The number of carbonyl (C=O) groups excluding carboxylic acids is 1. The molecule has 178 valence electrons. The van der Waals surface area contributed by atoms with Gasteiger partial charge < -0.3 is 10.1 Å². The van der Waals surface area contributed by atoms with Crippen LogP contribution in [0.5, 0.6) is 5.75 Å². The van der Waals surface area contributed by atoms with Crippen LogP contribution in [0.1, 0.15) is 31.0 Å². The highest BCUT2D eigenvalue weighted by molar-refractivity contribution is 6.53. The van der Waals surface area contributed by atoms with E-state index in [-0.39, 0.29) is 17.5 Å². The van der Waals surface area contributed by atoms with Gasteiger partial charge in [-0.1, -0.05) is 61.3 Å². The van der Waals surface area contributed by atoms with Crippen LogP contribution in [0.4, 0.5) is 11.4 Å². The largest absolute Gasteiger partial charge is 0.495 e. The second-order valence-corrected chi connectivity index (χ2v) is 9.92. The van der Waals surface area contributed by atoms with Crippen molar-refractivity contribution < 1.29 is 9.53 Å². The van der Waals surface area contributed by atoms with E-state index in [1.54, 1.807) is 12.0 Å². The fourth-order valence-corrected chi connectivity index (χ4v) is 5.49. The summed E-state index contributed by atoms with van der Waals surface area (Å²) in [5.41, 5.74) is 6.35. The molecule has 7 heteroatoms. The van der Waals surface area contributed by atoms with Gasteiger partial charge in [-0.15, -0.1) is 0 Å². The molecule has 0 spiro atoms. The predicted molar refractivity (Wildman–Crippen MR) is 143 cm³/mol. The van der Waals surface area contributed by atoms with Gasteiger partial charge in [0.25, 0.3) is 5.91 Å². The molecule has 3 aromatic carbocycles. The summed E-state index contributed by atoms with van der Waals surface area (Å²) in [7, 11) is 1.62. The number of rotatable bonds is 4. The molecule has 0 bridgehead atoms. The Kier molecular flexibility index (Phi) is 5.86. The normalized spacial score (nSPS) is 17.8. The molecule has 0 aromatic heterocycles. The first-order valence-corrected chi connectivity index (χ1v) is 12.2. The van der Waals surface area contributed by atoms with Gasteiger partial charge in [-0.2, -0.15) is 0 Å². The first-order chi connectivity index (χ1) is 16.7. The van der Waals surface area contributed by atoms with E-state index in [0.29, 0.717) is 21.4 Å². The van der Waals surface area contributed by atoms with E-state index in [9.17, 15) is 4.79 Å². The van der Waals surface area contributed by atoms with Crippen molar-refractivity contribution in [2.75, 3.05) is 17.3 Å². The molecule has 0 radical (unpaired) electrons. The van der Waals surface area contributed by atoms with Gasteiger partial charge in [-0.3, -0.25) is 15.1 Å². The fraction of sp³-hybridized carbons (Fsp3) is 0.214. The molecule has 5 rings (SSSR count). The van der Waals surface area contributed by atoms with Crippen LogP contribution in [0.2, 0.25) is 10.0 Å². The minimum Gasteiger partial charge on any atom is -0.495 e. The molecule has 2 N–H and O–H groups in total. The quantitative estimate of drug-likeness (QED) is 0.387. The number of aryl methyl sites for hydroxylation is 1. The maximum Gasteiger partial charge on any atom is 0.277 e. The van der Waals surface area contributed by atoms with Crippen LogP contribution in [0.3, 0.4) is 0 Å². The van der Waals surface area contributed by atoms with Crippen LogP contribution in [-0.4, -0.2) is 18.7 Å². The fourth-order valence-electron chi connectivity index (χ4n) is 5.06. The highest BCUT2D eigenvalue weighted by atomic mass is 35.5. The predicted octanol–water partition coefficient (Wildman–Crippen LogP) is 7.42. The Balaban J connectivity index is 1.81. The highest BCUT2D eigenvalue weighted by Gasteiger charge is 2.49. The topological polar surface area (TPSA) is 65.4 Å². The minimum absolute atomic E-state index is 0.000572. The Morgan fingerprint density at radius 3 is 2.57 bits per heavy atom. The van der Waals surface area contributed by atoms with Gasteiger partial charge in [0.05, 0.1) is 29.5 Å². The average molecular weight is 506 g/mol. The van der Waals surface area contributed by atoms with Crippen LogP contribution < -0.4 is 15.0 Å². The first-order valence-electron chi connectivity index (χ1n) is 11.4. The summed E-state index contributed by atoms with van der Waals surface area (Å²) in [6.45, 7) is 6.05. The molecule has 2 aliphatic rings. The standard InChI is InChI=1S/C28H25Cl2N3O2/c1-14(2)25(32-20-7-5-6-8-21(20)35-4)23-24(31)28(34)33-26-15(3)9-12-19(30)22(26)18-13-16(29)10-11-17(18)27(23)33/h5-14,27,31-32H,1-4H3/b25-23+,31-24?. The summed E-state index contributed by atoms with van der Waals surface area (Å²) in [6, 6.07) is 16.5. The Labute approximate surface area is 214 Å². The molecule has 1 atom stereocenters. The lowest BCUT2D eigenvalue weighted by molar-refractivity contribution is -0.112. The molecule has 5 nitrogen and oxygen atoms in total. The summed E-state index contributed by atoms with van der Waals surface area (Å²) in [6.07, 6.45) is 0. The zero-order valence-corrected chi connectivity index (χ0v) is 21.4. The van der Waals surface area contributed by atoms with Gasteiger partial charge in [0.15, 0.2) is 0 Å². The summed E-state index contributed by atoms with van der Waals surface area (Å²) >= 11 is 13.1. The van der Waals surface area contributed by atoms with Crippen LogP contribution in [0.15, 0.2) is 65.9 Å². The molecular weight excluding hydrogens is 481 g/mol. The summed E-state index contributed by atoms with van der Waals surface area (Å²) in [5.74, 6) is 0.334. The zero-order chi connectivity index (χ0) is 25.0. The van der Waals surface area contributed by atoms with Crippen molar-refractivity contribution in [3.05, 3.63) is 87.0 Å². The third kappa shape index (κ3) is 3.62. The molecule has 1 saturated heterocycles. The van der Waals surface area contributed by atoms with Crippen molar-refractivity contribution in [3.63, 3.8) is 0 Å². The maximum absolute atomic E-state index is 13.7. The van der Waals surface area contributed by atoms with Crippen LogP contribution in [-0.2, 0) is 4.79 Å². The Hall–Kier alpha value is -3.28. The number of nitrogens with one attached hydrogen (secondary N) is 2. The van der Waals surface area contributed by atoms with E-state index in [4.69, 9.17) is 33.3 Å². The molecule has 1 amide bonds. The molecule has 2 aliphatic heterocycles. The van der Waals surface area contributed by atoms with Crippen molar-refractivity contribution in [2.45, 2.75) is 26.8 Å². The number of anilines is 2. The summed E-state index contributed by atoms with van der Waals surface area (Å²) in [5, 5.41) is 13.6. The van der Waals surface area contributed by atoms with Gasteiger partial charge >= 0.3 is 0 Å². The second-order valence-electron chi connectivity index (χ2n) is 9.08. The Bertz CT molecular complexity index is 1430. The number of nitrogens with zero attached hydrogens (tertiary/aromatic N) is 1. The number of carbonyl (C=O) groups is 1. The number of allylic oxidation sites excluding steroid dienone is 1. The van der Waals surface area contributed by atoms with Crippen molar-refractivity contribution in [3.8, 4) is 16.9 Å². The number of halogens is 2. The Morgan fingerprint density at radius 1 is 1.11 bits per heavy atom. The second kappa shape index (κ2) is 8.74. The lowest BCUT2D eigenvalue weighted by atomic mass is 9.84. The average Bonchev–Trinajstić information content (AvgIpc) is 3.09. The molecule has 1 unspecified atom stereocenters. The van der Waals surface area contributed by atoms with E-state index >= 15 is 0 Å². The van der Waals surface area contributed by atoms with E-state index in [1.807, 2.05) is 75.4 Å². The first kappa shape index (κ1) is 23.5. The van der Waals surface area contributed by atoms with Crippen LogP contribution in [0.25, 0.3) is 11.1 Å². The molecule has 2 heterocycles. The third-order valence-electron chi connectivity index (χ3n) is 6.63. The number of amides is 1. The van der Waals surface area contributed by atoms with E-state index < -0.39 is 6.04 Å². The lowest BCUT2D eigenvalue weighted by Crippen LogP contribution is -2.33. The molecule has 1 fully saturated rings. The summed E-state index contributed by atoms with van der Waals surface area (Å²) in [4.78, 5) is 15.4. The number of benzene rings is 3. The number of para-hydroxylation sites is 2. The van der Waals surface area contributed by atoms with Crippen molar-refractivity contribution in [2.24, 2.45) is 5.92 Å². The van der Waals surface area contributed by atoms with Crippen molar-refractivity contribution >= 4 is 46.2 Å². The van der Waals surface area contributed by atoms with Gasteiger partial charge in [-0.05, 0) is 59.9 Å². The van der Waals surface area contributed by atoms with E-state index in [2.05, 4.69) is 5.32 Å². The third-order valence-corrected chi connectivity index (χ3v) is 7.18. The monoisotopic (exact) mass is 505 g/mol. The highest BCUT2D eigenvalue weighted by Crippen LogP contribution is 2.55.